The SMILES string of the molecule is CCCCC/C=C\C/C=C\CCCCCCCC(=O)OC(COCCCCCCCCCCCCCCCCCCCC)COP(=O)([O-])OCC[N+](C)(C)C. The van der Waals surface area contributed by atoms with Crippen LogP contribution in [0.3, 0.4) is 0 Å². The molecule has 0 rings (SSSR count). The van der Waals surface area contributed by atoms with E-state index in [1.54, 1.807) is 0 Å². The number of likely N-dealkylation sites (N-methyl/N-ethyl adjacent to an activating group) is 1. The molecule has 2 atom stereocenters. The number of unbranched alkanes of at least 4 members (excludes halogenated alkanes) is 25. The Hall–Kier alpha value is -1.02. The number of esters is 1. The van der Waals surface area contributed by atoms with Gasteiger partial charge in [-0.25, -0.2) is 0 Å². The Kier molecular flexibility index (Phi) is 39.1. The lowest BCUT2D eigenvalue weighted by atomic mass is 10.0. The number of ether oxygens (including phenoxy) is 2. The molecule has 9 heteroatoms. The van der Waals surface area contributed by atoms with Crippen LogP contribution < -0.4 is 4.89 Å². The van der Waals surface area contributed by atoms with Crippen LogP contribution in [0.1, 0.15) is 206 Å². The topological polar surface area (TPSA) is 94.1 Å². The fourth-order valence-corrected chi connectivity index (χ4v) is 7.13. The summed E-state index contributed by atoms with van der Waals surface area (Å²) in [6, 6.07) is 0. The average Bonchev–Trinajstić information content (AvgIpc) is 3.13. The van der Waals surface area contributed by atoms with Crippen molar-refractivity contribution >= 4 is 13.8 Å². The van der Waals surface area contributed by atoms with Gasteiger partial charge in [0.15, 0.2) is 0 Å². The zero-order valence-electron chi connectivity index (χ0n) is 36.9. The maximum absolute atomic E-state index is 12.7. The van der Waals surface area contributed by atoms with Crippen molar-refractivity contribution in [1.29, 1.82) is 0 Å². The Morgan fingerprint density at radius 2 is 1.00 bits per heavy atom. The van der Waals surface area contributed by atoms with Gasteiger partial charge in [0.25, 0.3) is 7.82 Å². The largest absolute Gasteiger partial charge is 0.756 e. The van der Waals surface area contributed by atoms with Crippen LogP contribution in [0.15, 0.2) is 24.3 Å². The predicted molar refractivity (Wildman–Crippen MR) is 231 cm³/mol. The molecule has 0 saturated heterocycles. The average molecular weight is 800 g/mol. The molecule has 8 nitrogen and oxygen atoms in total. The highest BCUT2D eigenvalue weighted by Gasteiger charge is 2.20. The first kappa shape index (κ1) is 54.0. The lowest BCUT2D eigenvalue weighted by Gasteiger charge is -2.28. The van der Waals surface area contributed by atoms with E-state index in [0.717, 1.165) is 57.8 Å². The quantitative estimate of drug-likeness (QED) is 0.0199. The van der Waals surface area contributed by atoms with Crippen LogP contribution in [0.25, 0.3) is 0 Å². The van der Waals surface area contributed by atoms with Crippen molar-refractivity contribution in [3.63, 3.8) is 0 Å². The van der Waals surface area contributed by atoms with Gasteiger partial charge < -0.3 is 27.9 Å². The lowest BCUT2D eigenvalue weighted by molar-refractivity contribution is -0.870. The van der Waals surface area contributed by atoms with Crippen LogP contribution in [-0.2, 0) is 27.9 Å². The van der Waals surface area contributed by atoms with Crippen LogP contribution in [0.4, 0.5) is 0 Å². The third kappa shape index (κ3) is 43.9. The highest BCUT2D eigenvalue weighted by molar-refractivity contribution is 7.45. The van der Waals surface area contributed by atoms with Crippen molar-refractivity contribution in [1.82, 2.24) is 0 Å². The van der Waals surface area contributed by atoms with E-state index < -0.39 is 13.9 Å². The van der Waals surface area contributed by atoms with E-state index in [1.165, 1.54) is 128 Å². The molecule has 0 spiro atoms. The van der Waals surface area contributed by atoms with Gasteiger partial charge in [-0.1, -0.05) is 179 Å². The van der Waals surface area contributed by atoms with Gasteiger partial charge in [0, 0.05) is 13.0 Å². The van der Waals surface area contributed by atoms with E-state index in [0.29, 0.717) is 24.1 Å². The van der Waals surface area contributed by atoms with E-state index >= 15 is 0 Å². The van der Waals surface area contributed by atoms with Crippen LogP contribution in [0.2, 0.25) is 0 Å². The first-order chi connectivity index (χ1) is 26.6. The molecule has 0 amide bonds. The van der Waals surface area contributed by atoms with Crippen molar-refractivity contribution in [2.45, 2.75) is 213 Å². The van der Waals surface area contributed by atoms with E-state index in [1.807, 2.05) is 21.1 Å². The van der Waals surface area contributed by atoms with Crippen molar-refractivity contribution in [2.75, 3.05) is 54.1 Å². The van der Waals surface area contributed by atoms with Crippen molar-refractivity contribution in [2.24, 2.45) is 0 Å². The predicted octanol–water partition coefficient (Wildman–Crippen LogP) is 13.0. The summed E-state index contributed by atoms with van der Waals surface area (Å²) in [5.74, 6) is -0.345. The normalized spacial score (nSPS) is 13.9. The van der Waals surface area contributed by atoms with Gasteiger partial charge in [0.05, 0.1) is 34.4 Å². The maximum Gasteiger partial charge on any atom is 0.306 e. The Morgan fingerprint density at radius 3 is 1.51 bits per heavy atom. The molecule has 326 valence electrons. The summed E-state index contributed by atoms with van der Waals surface area (Å²) in [5.41, 5.74) is 0. The van der Waals surface area contributed by atoms with Crippen molar-refractivity contribution in [3.8, 4) is 0 Å². The maximum atomic E-state index is 12.7. The van der Waals surface area contributed by atoms with Gasteiger partial charge >= 0.3 is 5.97 Å². The molecule has 0 bridgehead atoms. The highest BCUT2D eigenvalue weighted by Crippen LogP contribution is 2.38. The number of phosphoric ester groups is 1. The minimum Gasteiger partial charge on any atom is -0.756 e. The molecule has 2 unspecified atom stereocenters. The standard InChI is InChI=1S/C46H90NO7P/c1-6-8-10-12-14-16-18-20-22-23-24-26-28-30-32-34-36-38-41-51-43-45(44-53-55(49,50)52-42-40-47(3,4)5)54-46(48)39-37-35-33-31-29-27-25-21-19-17-15-13-11-9-7-2/h15,17,21,25,45H,6-14,16,18-20,22-24,26-44H2,1-5H3/b17-15-,25-21-. The Bertz CT molecular complexity index is 936. The number of phosphoric acid groups is 1. The number of rotatable bonds is 43. The van der Waals surface area contributed by atoms with Gasteiger partial charge in [-0.3, -0.25) is 9.36 Å². The van der Waals surface area contributed by atoms with Crippen molar-refractivity contribution < 1.29 is 37.3 Å². The number of carbonyl (C=O) groups excluding carboxylic acids is 1. The Balaban J connectivity index is 4.19. The molecule has 0 saturated carbocycles. The molecule has 0 radical (unpaired) electrons. The van der Waals surface area contributed by atoms with Gasteiger partial charge in [-0.2, -0.15) is 0 Å². The minimum absolute atomic E-state index is 0.0252. The Labute approximate surface area is 341 Å². The van der Waals surface area contributed by atoms with Gasteiger partial charge in [-0.05, 0) is 44.9 Å². The van der Waals surface area contributed by atoms with Crippen LogP contribution in [0, 0.1) is 0 Å². The minimum atomic E-state index is -4.52. The number of hydrogen-bond acceptors (Lipinski definition) is 7. The fourth-order valence-electron chi connectivity index (χ4n) is 6.40. The summed E-state index contributed by atoms with van der Waals surface area (Å²) in [6.07, 6.45) is 44.7. The van der Waals surface area contributed by atoms with Crippen LogP contribution in [-0.4, -0.2) is 70.7 Å². The number of carbonyl (C=O) groups is 1. The molecule has 0 aliphatic heterocycles. The van der Waals surface area contributed by atoms with E-state index in [-0.39, 0.29) is 25.8 Å². The molecule has 0 aromatic heterocycles. The molecule has 0 aromatic carbocycles. The van der Waals surface area contributed by atoms with Gasteiger partial charge in [0.1, 0.15) is 19.3 Å². The molecule has 0 N–H and O–H groups in total. The van der Waals surface area contributed by atoms with Crippen LogP contribution in [0.5, 0.6) is 0 Å². The first-order valence-electron chi connectivity index (χ1n) is 23.1. The highest BCUT2D eigenvalue weighted by atomic mass is 31.2. The Morgan fingerprint density at radius 1 is 0.564 bits per heavy atom. The fraction of sp³-hybridized carbons (Fsp3) is 0.891. The summed E-state index contributed by atoms with van der Waals surface area (Å²) < 4.78 is 34.6. The molecule has 0 heterocycles. The molecular weight excluding hydrogens is 709 g/mol. The summed E-state index contributed by atoms with van der Waals surface area (Å²) in [5, 5.41) is 0. The zero-order chi connectivity index (χ0) is 40.6. The molecule has 0 aliphatic carbocycles. The first-order valence-corrected chi connectivity index (χ1v) is 24.5. The zero-order valence-corrected chi connectivity index (χ0v) is 37.8. The smallest absolute Gasteiger partial charge is 0.306 e. The second kappa shape index (κ2) is 39.8. The van der Waals surface area contributed by atoms with Crippen LogP contribution >= 0.6 is 7.82 Å². The van der Waals surface area contributed by atoms with Gasteiger partial charge in [-0.15, -0.1) is 0 Å². The van der Waals surface area contributed by atoms with E-state index in [9.17, 15) is 14.3 Å². The number of allylic oxidation sites excluding steroid dienone is 4. The third-order valence-corrected chi connectivity index (χ3v) is 11.0. The second-order valence-electron chi connectivity index (χ2n) is 16.8. The van der Waals surface area contributed by atoms with E-state index in [4.69, 9.17) is 18.5 Å². The molecule has 0 fully saturated rings. The van der Waals surface area contributed by atoms with E-state index in [2.05, 4.69) is 38.2 Å². The summed E-state index contributed by atoms with van der Waals surface area (Å²) >= 11 is 0. The number of hydrogen-bond donors (Lipinski definition) is 0. The van der Waals surface area contributed by atoms with Gasteiger partial charge in [0.2, 0.25) is 0 Å². The summed E-state index contributed by atoms with van der Waals surface area (Å²) in [4.78, 5) is 25.1. The van der Waals surface area contributed by atoms with Crippen molar-refractivity contribution in [3.05, 3.63) is 24.3 Å². The summed E-state index contributed by atoms with van der Waals surface area (Å²) in [6.45, 7) is 5.40. The number of quaternary nitrogens is 1. The second-order valence-corrected chi connectivity index (χ2v) is 18.2. The molecule has 55 heavy (non-hydrogen) atoms. The monoisotopic (exact) mass is 800 g/mol. The third-order valence-electron chi connectivity index (χ3n) is 10.0. The number of nitrogens with zero attached hydrogens (tertiary/aromatic N) is 1. The molecule has 0 aliphatic rings. The lowest BCUT2D eigenvalue weighted by Crippen LogP contribution is -2.37. The summed E-state index contributed by atoms with van der Waals surface area (Å²) in [7, 11) is 1.35. The molecule has 0 aromatic rings. The molecular formula is C46H90NO7P.